The van der Waals surface area contributed by atoms with E-state index in [1.807, 2.05) is 13.0 Å². The van der Waals surface area contributed by atoms with Crippen molar-refractivity contribution in [2.45, 2.75) is 45.6 Å². The normalized spacial score (nSPS) is 15.1. The fraction of sp³-hybridized carbons (Fsp3) is 0.588. The Morgan fingerprint density at radius 2 is 2.09 bits per heavy atom. The molecule has 1 atom stereocenters. The van der Waals surface area contributed by atoms with Crippen molar-refractivity contribution in [3.8, 4) is 5.75 Å². The highest BCUT2D eigenvalue weighted by molar-refractivity contribution is 5.85. The molecule has 2 rings (SSSR count). The van der Waals surface area contributed by atoms with Crippen molar-refractivity contribution in [3.63, 3.8) is 0 Å². The van der Waals surface area contributed by atoms with Gasteiger partial charge >= 0.3 is 0 Å². The number of halogens is 1. The second-order valence-electron chi connectivity index (χ2n) is 6.23. The highest BCUT2D eigenvalue weighted by Crippen LogP contribution is 2.32. The summed E-state index contributed by atoms with van der Waals surface area (Å²) in [5.74, 6) is 1.64. The Labute approximate surface area is 139 Å². The van der Waals surface area contributed by atoms with E-state index in [-0.39, 0.29) is 31.0 Å². The molecule has 0 saturated heterocycles. The number of nitrogens with one attached hydrogen (secondary N) is 1. The van der Waals surface area contributed by atoms with Crippen LogP contribution in [0.25, 0.3) is 0 Å². The molecule has 3 N–H and O–H groups in total. The number of rotatable bonds is 7. The van der Waals surface area contributed by atoms with Crippen molar-refractivity contribution in [1.82, 2.24) is 5.32 Å². The van der Waals surface area contributed by atoms with Gasteiger partial charge in [0.25, 0.3) is 5.91 Å². The maximum atomic E-state index is 12.0. The van der Waals surface area contributed by atoms with Crippen LogP contribution in [0.4, 0.5) is 0 Å². The Morgan fingerprint density at radius 1 is 1.41 bits per heavy atom. The summed E-state index contributed by atoms with van der Waals surface area (Å²) in [5.41, 5.74) is 7.96. The number of amides is 1. The summed E-state index contributed by atoms with van der Waals surface area (Å²) < 4.78 is 5.73. The second kappa shape index (κ2) is 8.39. The van der Waals surface area contributed by atoms with E-state index in [9.17, 15) is 4.79 Å². The van der Waals surface area contributed by atoms with Gasteiger partial charge in [0.15, 0.2) is 6.61 Å². The maximum Gasteiger partial charge on any atom is 0.258 e. The summed E-state index contributed by atoms with van der Waals surface area (Å²) in [6, 6.07) is 6.23. The Morgan fingerprint density at radius 3 is 2.64 bits per heavy atom. The highest BCUT2D eigenvalue weighted by atomic mass is 35.5. The van der Waals surface area contributed by atoms with E-state index in [1.165, 1.54) is 12.8 Å². The number of hydrogen-bond acceptors (Lipinski definition) is 3. The third-order valence-corrected chi connectivity index (χ3v) is 3.94. The Bertz CT molecular complexity index is 501. The van der Waals surface area contributed by atoms with Crippen LogP contribution < -0.4 is 15.8 Å². The molecular formula is C17H27ClN2O2. The van der Waals surface area contributed by atoms with Crippen molar-refractivity contribution in [2.75, 3.05) is 13.2 Å². The number of benzene rings is 1. The number of carbonyl (C=O) groups is 1. The molecule has 0 spiro atoms. The van der Waals surface area contributed by atoms with Gasteiger partial charge in [0.05, 0.1) is 0 Å². The minimum atomic E-state index is -0.0893. The molecule has 1 fully saturated rings. The molecule has 0 aromatic heterocycles. The van der Waals surface area contributed by atoms with Crippen molar-refractivity contribution < 1.29 is 9.53 Å². The third-order valence-electron chi connectivity index (χ3n) is 3.94. The number of carbonyl (C=O) groups excluding carboxylic acids is 1. The molecule has 22 heavy (non-hydrogen) atoms. The first-order valence-corrected chi connectivity index (χ1v) is 7.74. The first-order valence-electron chi connectivity index (χ1n) is 7.74. The number of nitrogens with two attached hydrogens (primary N) is 1. The van der Waals surface area contributed by atoms with Gasteiger partial charge in [-0.25, -0.2) is 0 Å². The van der Waals surface area contributed by atoms with Crippen LogP contribution in [-0.4, -0.2) is 25.1 Å². The average molecular weight is 327 g/mol. The molecule has 1 saturated carbocycles. The lowest BCUT2D eigenvalue weighted by atomic mass is 10.0. The molecular weight excluding hydrogens is 300 g/mol. The second-order valence-corrected chi connectivity index (χ2v) is 6.23. The van der Waals surface area contributed by atoms with E-state index in [2.05, 4.69) is 31.3 Å². The monoisotopic (exact) mass is 326 g/mol. The summed E-state index contributed by atoms with van der Waals surface area (Å²) in [4.78, 5) is 12.0. The lowest BCUT2D eigenvalue weighted by Crippen LogP contribution is -2.43. The molecule has 4 nitrogen and oxygen atoms in total. The first-order chi connectivity index (χ1) is 10.0. The Hall–Kier alpha value is -1.26. The van der Waals surface area contributed by atoms with Crippen molar-refractivity contribution in [1.29, 1.82) is 0 Å². The van der Waals surface area contributed by atoms with Crippen molar-refractivity contribution in [2.24, 2.45) is 11.7 Å². The zero-order chi connectivity index (χ0) is 15.4. The maximum absolute atomic E-state index is 12.0. The van der Waals surface area contributed by atoms with Gasteiger partial charge in [-0.05, 0) is 48.8 Å². The van der Waals surface area contributed by atoms with E-state index in [1.54, 1.807) is 0 Å². The fourth-order valence-corrected chi connectivity index (χ4v) is 2.50. The van der Waals surface area contributed by atoms with Gasteiger partial charge in [-0.2, -0.15) is 0 Å². The summed E-state index contributed by atoms with van der Waals surface area (Å²) in [7, 11) is 0. The molecule has 0 heterocycles. The van der Waals surface area contributed by atoms with Crippen LogP contribution in [0.5, 0.6) is 5.75 Å². The molecule has 5 heteroatoms. The topological polar surface area (TPSA) is 64.3 Å². The highest BCUT2D eigenvalue weighted by Gasteiger charge is 2.31. The molecule has 1 aliphatic rings. The molecule has 1 aromatic carbocycles. The zero-order valence-corrected chi connectivity index (χ0v) is 14.4. The van der Waals surface area contributed by atoms with E-state index in [0.717, 1.165) is 16.9 Å². The molecule has 124 valence electrons. The minimum absolute atomic E-state index is 0. The lowest BCUT2D eigenvalue weighted by molar-refractivity contribution is -0.123. The fourth-order valence-electron chi connectivity index (χ4n) is 2.50. The SMILES string of the molecule is Cc1ccc(C(C)C)c(OCC(=O)NC(CN)C2CC2)c1.Cl. The van der Waals surface area contributed by atoms with Crippen LogP contribution in [0.3, 0.4) is 0 Å². The predicted octanol–water partition coefficient (Wildman–Crippen LogP) is 2.77. The smallest absolute Gasteiger partial charge is 0.258 e. The zero-order valence-electron chi connectivity index (χ0n) is 13.6. The molecule has 1 aliphatic carbocycles. The van der Waals surface area contributed by atoms with Crippen molar-refractivity contribution in [3.05, 3.63) is 29.3 Å². The van der Waals surface area contributed by atoms with Gasteiger partial charge in [-0.1, -0.05) is 26.0 Å². The average Bonchev–Trinajstić information content (AvgIpc) is 3.26. The van der Waals surface area contributed by atoms with Gasteiger partial charge in [0.2, 0.25) is 0 Å². The van der Waals surface area contributed by atoms with Crippen molar-refractivity contribution >= 4 is 18.3 Å². The van der Waals surface area contributed by atoms with Gasteiger partial charge in [0.1, 0.15) is 5.75 Å². The summed E-state index contributed by atoms with van der Waals surface area (Å²) in [5, 5.41) is 2.97. The molecule has 1 unspecified atom stereocenters. The molecule has 0 radical (unpaired) electrons. The van der Waals surface area contributed by atoms with Crippen LogP contribution in [0, 0.1) is 12.8 Å². The van der Waals surface area contributed by atoms with Crippen LogP contribution in [0.15, 0.2) is 18.2 Å². The predicted molar refractivity (Wildman–Crippen MR) is 91.7 cm³/mol. The standard InChI is InChI=1S/C17H26N2O2.ClH/c1-11(2)14-7-4-12(3)8-16(14)21-10-17(20)19-15(9-18)13-5-6-13;/h4,7-8,11,13,15H,5-6,9-10,18H2,1-3H3,(H,19,20);1H. The third kappa shape index (κ3) is 5.18. The van der Waals surface area contributed by atoms with Gasteiger partial charge in [0, 0.05) is 12.6 Å². The molecule has 1 aromatic rings. The number of aryl methyl sites for hydroxylation is 1. The Balaban J connectivity index is 0.00000242. The first kappa shape index (κ1) is 18.8. The lowest BCUT2D eigenvalue weighted by Gasteiger charge is -2.18. The van der Waals surface area contributed by atoms with Gasteiger partial charge < -0.3 is 15.8 Å². The molecule has 1 amide bonds. The van der Waals surface area contributed by atoms with E-state index in [0.29, 0.717) is 18.4 Å². The minimum Gasteiger partial charge on any atom is -0.483 e. The van der Waals surface area contributed by atoms with Crippen LogP contribution in [0.2, 0.25) is 0 Å². The van der Waals surface area contributed by atoms with Crippen LogP contribution in [0.1, 0.15) is 43.7 Å². The van der Waals surface area contributed by atoms with Crippen LogP contribution in [-0.2, 0) is 4.79 Å². The van der Waals surface area contributed by atoms with Crippen LogP contribution >= 0.6 is 12.4 Å². The number of ether oxygens (including phenoxy) is 1. The largest absolute Gasteiger partial charge is 0.483 e. The van der Waals surface area contributed by atoms with E-state index in [4.69, 9.17) is 10.5 Å². The summed E-state index contributed by atoms with van der Waals surface area (Å²) in [6.45, 7) is 6.81. The van der Waals surface area contributed by atoms with Gasteiger partial charge in [-0.3, -0.25) is 4.79 Å². The Kier molecular flexibility index (Phi) is 7.17. The summed E-state index contributed by atoms with van der Waals surface area (Å²) in [6.07, 6.45) is 2.33. The van der Waals surface area contributed by atoms with E-state index < -0.39 is 0 Å². The van der Waals surface area contributed by atoms with Gasteiger partial charge in [-0.15, -0.1) is 12.4 Å². The number of hydrogen-bond donors (Lipinski definition) is 2. The molecule has 0 aliphatic heterocycles. The van der Waals surface area contributed by atoms with E-state index >= 15 is 0 Å². The molecule has 0 bridgehead atoms. The quantitative estimate of drug-likeness (QED) is 0.809. The summed E-state index contributed by atoms with van der Waals surface area (Å²) >= 11 is 0.